The van der Waals surface area contributed by atoms with E-state index in [2.05, 4.69) is 15.4 Å². The molecule has 2 fully saturated rings. The van der Waals surface area contributed by atoms with E-state index in [0.717, 1.165) is 0 Å². The van der Waals surface area contributed by atoms with Crippen molar-refractivity contribution in [1.29, 1.82) is 0 Å². The number of ether oxygens (including phenoxy) is 1. The molecule has 2 aliphatic heterocycles. The first-order valence-electron chi connectivity index (χ1n) is 18.3. The molecule has 2 saturated heterocycles. The van der Waals surface area contributed by atoms with Crippen LogP contribution in [0.25, 0.3) is 22.4 Å². The second-order valence-electron chi connectivity index (χ2n) is 15.0. The topological polar surface area (TPSA) is 172 Å². The maximum Gasteiger partial charge on any atom is 0.410 e. The minimum atomic E-state index is -1.19. The van der Waals surface area contributed by atoms with E-state index in [0.29, 0.717) is 57.8 Å². The highest BCUT2D eigenvalue weighted by molar-refractivity contribution is 6.34. The van der Waals surface area contributed by atoms with E-state index in [4.69, 9.17) is 21.4 Å². The van der Waals surface area contributed by atoms with E-state index in [1.165, 1.54) is 59.0 Å². The van der Waals surface area contributed by atoms with Crippen LogP contribution in [-0.4, -0.2) is 114 Å². The van der Waals surface area contributed by atoms with Gasteiger partial charge < -0.3 is 34.4 Å². The molecule has 2 aliphatic rings. The Morgan fingerprint density at radius 2 is 1.53 bits per heavy atom. The fourth-order valence-electron chi connectivity index (χ4n) is 6.97. The predicted octanol–water partition coefficient (Wildman–Crippen LogP) is 5.46. The Balaban J connectivity index is 1.04. The summed E-state index contributed by atoms with van der Waals surface area (Å²) in [5.74, 6) is -4.81. The van der Waals surface area contributed by atoms with Gasteiger partial charge in [-0.1, -0.05) is 17.7 Å². The van der Waals surface area contributed by atoms with Gasteiger partial charge in [0.15, 0.2) is 17.5 Å². The number of carboxylic acid groups (broad SMARTS) is 1. The second kappa shape index (κ2) is 16.3. The zero-order valence-electron chi connectivity index (χ0n) is 32.1. The van der Waals surface area contributed by atoms with Gasteiger partial charge in [0.25, 0.3) is 11.8 Å². The minimum Gasteiger partial charge on any atom is -0.480 e. The number of piperazine rings is 1. The zero-order valence-corrected chi connectivity index (χ0v) is 32.9. The fraction of sp³-hybridized carbons (Fsp3) is 0.410. The Hall–Kier alpha value is -5.84. The summed E-state index contributed by atoms with van der Waals surface area (Å²) in [5.41, 5.74) is 0.321. The molecule has 0 bridgehead atoms. The highest BCUT2D eigenvalue weighted by Gasteiger charge is 2.34. The van der Waals surface area contributed by atoms with E-state index < -0.39 is 35.7 Å². The molecule has 302 valence electrons. The summed E-state index contributed by atoms with van der Waals surface area (Å²) >= 11 is 6.53. The summed E-state index contributed by atoms with van der Waals surface area (Å²) in [6.07, 6.45) is 3.20. The Kier molecular flexibility index (Phi) is 11.7. The number of rotatable bonds is 8. The normalized spacial score (nSPS) is 15.1. The summed E-state index contributed by atoms with van der Waals surface area (Å²) < 4.78 is 38.8. The Morgan fingerprint density at radius 1 is 0.895 bits per heavy atom. The lowest BCUT2D eigenvalue weighted by molar-refractivity contribution is -0.139. The number of anilines is 1. The fourth-order valence-corrected chi connectivity index (χ4v) is 7.23. The van der Waals surface area contributed by atoms with Crippen LogP contribution >= 0.6 is 11.6 Å². The molecule has 0 radical (unpaired) electrons. The van der Waals surface area contributed by atoms with Crippen LogP contribution in [0.3, 0.4) is 0 Å². The maximum absolute atomic E-state index is 15.5. The molecule has 0 aliphatic carbocycles. The lowest BCUT2D eigenvalue weighted by Crippen LogP contribution is -2.53. The van der Waals surface area contributed by atoms with Crippen molar-refractivity contribution in [2.75, 3.05) is 44.6 Å². The molecule has 0 spiro atoms. The number of piperidine rings is 1. The maximum atomic E-state index is 15.5. The van der Waals surface area contributed by atoms with Crippen molar-refractivity contribution in [1.82, 2.24) is 34.0 Å². The number of hydrogen-bond donors (Lipinski definition) is 2. The average molecular weight is 809 g/mol. The van der Waals surface area contributed by atoms with Crippen LogP contribution in [0.1, 0.15) is 60.3 Å². The van der Waals surface area contributed by atoms with Crippen LogP contribution in [0.5, 0.6) is 0 Å². The molecule has 4 aromatic rings. The van der Waals surface area contributed by atoms with Gasteiger partial charge in [0.1, 0.15) is 12.1 Å². The summed E-state index contributed by atoms with van der Waals surface area (Å²) in [5, 5.41) is 15.8. The van der Waals surface area contributed by atoms with Gasteiger partial charge >= 0.3 is 12.1 Å². The van der Waals surface area contributed by atoms with E-state index in [9.17, 15) is 24.0 Å². The van der Waals surface area contributed by atoms with E-state index in [-0.39, 0.29) is 68.3 Å². The van der Waals surface area contributed by atoms with Crippen molar-refractivity contribution in [2.24, 2.45) is 13.0 Å². The number of carboxylic acids is 1. The zero-order chi connectivity index (χ0) is 41.3. The lowest BCUT2D eigenvalue weighted by Gasteiger charge is -2.38. The number of likely N-dealkylation sites (tertiary alicyclic amines) is 1. The van der Waals surface area contributed by atoms with Gasteiger partial charge in [-0.15, -0.1) is 0 Å². The van der Waals surface area contributed by atoms with Gasteiger partial charge in [-0.3, -0.25) is 23.9 Å². The molecule has 2 aromatic heterocycles. The molecule has 0 unspecified atom stereocenters. The van der Waals surface area contributed by atoms with Crippen LogP contribution < -0.4 is 5.32 Å². The monoisotopic (exact) mass is 808 g/mol. The highest BCUT2D eigenvalue weighted by Crippen LogP contribution is 2.33. The minimum absolute atomic E-state index is 0.00863. The Morgan fingerprint density at radius 3 is 2.16 bits per heavy atom. The first-order chi connectivity index (χ1) is 26.9. The summed E-state index contributed by atoms with van der Waals surface area (Å²) in [7, 11) is 1.47. The Labute approximate surface area is 332 Å². The van der Waals surface area contributed by atoms with Gasteiger partial charge in [0, 0.05) is 80.3 Å². The molecule has 0 saturated carbocycles. The molecule has 57 heavy (non-hydrogen) atoms. The number of aromatic nitrogens is 4. The number of imidazole rings is 1. The number of halogens is 3. The third-order valence-electron chi connectivity index (χ3n) is 10.1. The van der Waals surface area contributed by atoms with Gasteiger partial charge in [-0.05, 0) is 64.8 Å². The summed E-state index contributed by atoms with van der Waals surface area (Å²) in [4.78, 5) is 72.7. The molecule has 4 amide bonds. The number of benzene rings is 2. The van der Waals surface area contributed by atoms with Crippen molar-refractivity contribution in [3.05, 3.63) is 76.5 Å². The number of carbonyl (C=O) groups is 5. The summed E-state index contributed by atoms with van der Waals surface area (Å²) in [6.45, 7) is 8.75. The quantitative estimate of drug-likeness (QED) is 0.235. The first-order valence-corrected chi connectivity index (χ1v) is 18.7. The van der Waals surface area contributed by atoms with Crippen LogP contribution in [0.4, 0.5) is 19.3 Å². The molecule has 2 aromatic carbocycles. The molecular formula is C39H43ClF2N8O7. The highest BCUT2D eigenvalue weighted by atomic mass is 35.5. The number of amides is 4. The molecule has 2 N–H and O–H groups in total. The molecule has 0 atom stereocenters. The van der Waals surface area contributed by atoms with Crippen LogP contribution in [0, 0.1) is 24.5 Å². The largest absolute Gasteiger partial charge is 0.480 e. The number of hydrogen-bond acceptors (Lipinski definition) is 8. The Bertz CT molecular complexity index is 2230. The van der Waals surface area contributed by atoms with Gasteiger partial charge in [-0.25, -0.2) is 18.6 Å². The number of carbonyl (C=O) groups excluding carboxylic acids is 4. The standard InChI is InChI=1S/C39H43ClF2N8O7/c1-22-28(19-44-50(22)21-31(51)52)25-8-9-27(33(42)32(25)41)30-20-43-34(46(30)5)35(53)45-24-6-7-26(29(40)18-24)37(55)48-16-14-47(15-17-48)36(54)23-10-12-49(13-11-23)38(56)57-39(2,3)4/h6-9,18-20,23H,10-17,21H2,1-5H3,(H,45,53)(H,51,52). The van der Waals surface area contributed by atoms with Gasteiger partial charge in [-0.2, -0.15) is 5.10 Å². The van der Waals surface area contributed by atoms with Crippen molar-refractivity contribution in [2.45, 2.75) is 52.7 Å². The predicted molar refractivity (Wildman–Crippen MR) is 205 cm³/mol. The van der Waals surface area contributed by atoms with Crippen molar-refractivity contribution in [3.8, 4) is 22.4 Å². The smallest absolute Gasteiger partial charge is 0.410 e. The lowest BCUT2D eigenvalue weighted by atomic mass is 9.95. The first kappa shape index (κ1) is 40.8. The van der Waals surface area contributed by atoms with Crippen molar-refractivity contribution >= 4 is 47.1 Å². The average Bonchev–Trinajstić information content (AvgIpc) is 3.72. The molecule has 18 heteroatoms. The van der Waals surface area contributed by atoms with Crippen LogP contribution in [0.15, 0.2) is 42.7 Å². The molecular weight excluding hydrogens is 766 g/mol. The SMILES string of the molecule is Cc1c(-c2ccc(-c3cnc(C(=O)Nc4ccc(C(=O)N5CCN(C(=O)C6CCN(C(=O)OC(C)(C)C)CC6)CC5)c(Cl)c4)n3C)c(F)c2F)cnn1CC(=O)O. The third kappa shape index (κ3) is 8.77. The molecule has 4 heterocycles. The van der Waals surface area contributed by atoms with E-state index >= 15 is 8.78 Å². The number of aliphatic carboxylic acids is 1. The van der Waals surface area contributed by atoms with E-state index in [1.807, 2.05) is 20.8 Å². The van der Waals surface area contributed by atoms with Crippen molar-refractivity contribution < 1.29 is 42.6 Å². The number of nitrogens with one attached hydrogen (secondary N) is 1. The van der Waals surface area contributed by atoms with E-state index in [1.54, 1.807) is 21.6 Å². The van der Waals surface area contributed by atoms with Crippen LogP contribution in [0.2, 0.25) is 5.02 Å². The number of nitrogens with zero attached hydrogens (tertiary/aromatic N) is 7. The van der Waals surface area contributed by atoms with Gasteiger partial charge in [0.2, 0.25) is 5.91 Å². The second-order valence-corrected chi connectivity index (χ2v) is 15.4. The van der Waals surface area contributed by atoms with Gasteiger partial charge in [0.05, 0.1) is 28.7 Å². The molecule has 15 nitrogen and oxygen atoms in total. The van der Waals surface area contributed by atoms with Crippen molar-refractivity contribution in [3.63, 3.8) is 0 Å². The molecule has 6 rings (SSSR count). The summed E-state index contributed by atoms with van der Waals surface area (Å²) in [6, 6.07) is 7.12. The van der Waals surface area contributed by atoms with Crippen LogP contribution in [-0.2, 0) is 27.9 Å². The third-order valence-corrected chi connectivity index (χ3v) is 10.4.